The summed E-state index contributed by atoms with van der Waals surface area (Å²) in [6, 6.07) is 0. The van der Waals surface area contributed by atoms with Crippen molar-refractivity contribution >= 4 is 11.8 Å². The van der Waals surface area contributed by atoms with Gasteiger partial charge < -0.3 is 4.74 Å². The highest BCUT2D eigenvalue weighted by atomic mass is 16.6. The van der Waals surface area contributed by atoms with Gasteiger partial charge in [-0.2, -0.15) is 0 Å². The highest BCUT2D eigenvalue weighted by Crippen LogP contribution is 2.34. The SMILES string of the molecule is CC(=O)OC(C)(C)C.CCC1CC(=O)CCC1CC(C)C. The van der Waals surface area contributed by atoms with Crippen LogP contribution in [-0.4, -0.2) is 17.4 Å². The second-order valence-electron chi connectivity index (χ2n) is 7.55. The lowest BCUT2D eigenvalue weighted by molar-refractivity contribution is -0.151. The zero-order chi connectivity index (χ0) is 16.6. The Morgan fingerprint density at radius 3 is 2.19 bits per heavy atom. The van der Waals surface area contributed by atoms with E-state index >= 15 is 0 Å². The van der Waals surface area contributed by atoms with Crippen LogP contribution in [0.3, 0.4) is 0 Å². The molecule has 0 bridgehead atoms. The molecule has 0 saturated heterocycles. The normalized spacial score (nSPS) is 22.6. The number of carbonyl (C=O) groups is 2. The molecule has 124 valence electrons. The fourth-order valence-electron chi connectivity index (χ4n) is 2.97. The third-order valence-electron chi connectivity index (χ3n) is 3.70. The number of hydrogen-bond acceptors (Lipinski definition) is 3. The number of ether oxygens (including phenoxy) is 1. The number of rotatable bonds is 3. The third-order valence-corrected chi connectivity index (χ3v) is 3.70. The van der Waals surface area contributed by atoms with Crippen LogP contribution >= 0.6 is 0 Å². The molecule has 3 nitrogen and oxygen atoms in total. The van der Waals surface area contributed by atoms with Crippen molar-refractivity contribution in [3.8, 4) is 0 Å². The molecule has 0 heterocycles. The minimum Gasteiger partial charge on any atom is -0.460 e. The minimum absolute atomic E-state index is 0.225. The van der Waals surface area contributed by atoms with Crippen molar-refractivity contribution in [2.75, 3.05) is 0 Å². The Hall–Kier alpha value is -0.860. The van der Waals surface area contributed by atoms with Crippen molar-refractivity contribution < 1.29 is 14.3 Å². The molecule has 2 atom stereocenters. The monoisotopic (exact) mass is 298 g/mol. The predicted octanol–water partition coefficient (Wildman–Crippen LogP) is 4.78. The van der Waals surface area contributed by atoms with Crippen LogP contribution in [0.15, 0.2) is 0 Å². The second-order valence-corrected chi connectivity index (χ2v) is 7.55. The number of esters is 1. The van der Waals surface area contributed by atoms with E-state index in [2.05, 4.69) is 20.8 Å². The average molecular weight is 298 g/mol. The molecule has 21 heavy (non-hydrogen) atoms. The molecule has 1 rings (SSSR count). The van der Waals surface area contributed by atoms with Crippen molar-refractivity contribution in [1.82, 2.24) is 0 Å². The quantitative estimate of drug-likeness (QED) is 0.704. The summed E-state index contributed by atoms with van der Waals surface area (Å²) in [6.07, 6.45) is 5.34. The van der Waals surface area contributed by atoms with Crippen LogP contribution < -0.4 is 0 Å². The Kier molecular flexibility index (Phi) is 8.84. The molecule has 0 spiro atoms. The van der Waals surface area contributed by atoms with Gasteiger partial charge in [-0.3, -0.25) is 9.59 Å². The molecule has 1 fully saturated rings. The molecule has 2 unspecified atom stereocenters. The van der Waals surface area contributed by atoms with Gasteiger partial charge in [-0.15, -0.1) is 0 Å². The summed E-state index contributed by atoms with van der Waals surface area (Å²) >= 11 is 0. The molecule has 0 aromatic rings. The fraction of sp³-hybridized carbons (Fsp3) is 0.889. The first-order valence-corrected chi connectivity index (χ1v) is 8.26. The summed E-state index contributed by atoms with van der Waals surface area (Å²) in [5.41, 5.74) is -0.328. The Labute approximate surface area is 130 Å². The predicted molar refractivity (Wildman–Crippen MR) is 87.1 cm³/mol. The van der Waals surface area contributed by atoms with Gasteiger partial charge in [-0.1, -0.05) is 27.2 Å². The van der Waals surface area contributed by atoms with Gasteiger partial charge in [0.05, 0.1) is 0 Å². The first-order valence-electron chi connectivity index (χ1n) is 8.26. The van der Waals surface area contributed by atoms with Gasteiger partial charge >= 0.3 is 5.97 Å². The highest BCUT2D eigenvalue weighted by Gasteiger charge is 2.28. The molecule has 1 aliphatic carbocycles. The van der Waals surface area contributed by atoms with E-state index in [1.807, 2.05) is 20.8 Å². The average Bonchev–Trinajstić information content (AvgIpc) is 2.28. The molecule has 0 N–H and O–H groups in total. The van der Waals surface area contributed by atoms with Crippen LogP contribution in [0, 0.1) is 17.8 Å². The van der Waals surface area contributed by atoms with E-state index in [0.29, 0.717) is 11.7 Å². The van der Waals surface area contributed by atoms with Crippen LogP contribution in [-0.2, 0) is 14.3 Å². The lowest BCUT2D eigenvalue weighted by Gasteiger charge is -2.31. The maximum atomic E-state index is 11.3. The van der Waals surface area contributed by atoms with E-state index in [9.17, 15) is 9.59 Å². The Morgan fingerprint density at radius 1 is 1.29 bits per heavy atom. The van der Waals surface area contributed by atoms with Gasteiger partial charge in [0.1, 0.15) is 11.4 Å². The Bertz CT molecular complexity index is 326. The van der Waals surface area contributed by atoms with Crippen molar-refractivity contribution in [2.45, 2.75) is 86.2 Å². The van der Waals surface area contributed by atoms with E-state index in [0.717, 1.165) is 31.1 Å². The van der Waals surface area contributed by atoms with Crippen LogP contribution in [0.2, 0.25) is 0 Å². The molecule has 0 aromatic heterocycles. The molecule has 3 heteroatoms. The number of Topliss-reactive ketones (excluding diaryl/α,β-unsaturated/α-hetero) is 1. The second kappa shape index (κ2) is 9.22. The summed E-state index contributed by atoms with van der Waals surface area (Å²) in [4.78, 5) is 21.5. The lowest BCUT2D eigenvalue weighted by Crippen LogP contribution is -2.25. The molecular weight excluding hydrogens is 264 g/mol. The van der Waals surface area contributed by atoms with Gasteiger partial charge in [-0.25, -0.2) is 0 Å². The summed E-state index contributed by atoms with van der Waals surface area (Å²) < 4.78 is 4.80. The Balaban J connectivity index is 0.000000433. The van der Waals surface area contributed by atoms with Crippen molar-refractivity contribution in [3.05, 3.63) is 0 Å². The summed E-state index contributed by atoms with van der Waals surface area (Å²) in [5, 5.41) is 0. The molecule has 0 aliphatic heterocycles. The first-order chi connectivity index (χ1) is 9.55. The van der Waals surface area contributed by atoms with Crippen LogP contribution in [0.5, 0.6) is 0 Å². The Morgan fingerprint density at radius 2 is 1.86 bits per heavy atom. The number of carbonyl (C=O) groups excluding carboxylic acids is 2. The van der Waals surface area contributed by atoms with Crippen LogP contribution in [0.25, 0.3) is 0 Å². The van der Waals surface area contributed by atoms with E-state index < -0.39 is 0 Å². The first kappa shape index (κ1) is 20.1. The maximum Gasteiger partial charge on any atom is 0.303 e. The van der Waals surface area contributed by atoms with Gasteiger partial charge in [0.25, 0.3) is 0 Å². The van der Waals surface area contributed by atoms with Gasteiger partial charge in [0.15, 0.2) is 0 Å². The van der Waals surface area contributed by atoms with Crippen molar-refractivity contribution in [2.24, 2.45) is 17.8 Å². The van der Waals surface area contributed by atoms with Gasteiger partial charge in [0, 0.05) is 19.8 Å². The molecule has 0 radical (unpaired) electrons. The minimum atomic E-state index is -0.328. The fourth-order valence-corrected chi connectivity index (χ4v) is 2.97. The van der Waals surface area contributed by atoms with Gasteiger partial charge in [0.2, 0.25) is 0 Å². The van der Waals surface area contributed by atoms with Crippen LogP contribution in [0.4, 0.5) is 0 Å². The smallest absolute Gasteiger partial charge is 0.303 e. The molecule has 0 amide bonds. The van der Waals surface area contributed by atoms with E-state index in [4.69, 9.17) is 4.74 Å². The molecule has 1 aliphatic rings. The van der Waals surface area contributed by atoms with Gasteiger partial charge in [-0.05, 0) is 51.4 Å². The number of hydrogen-bond donors (Lipinski definition) is 0. The third kappa shape index (κ3) is 10.5. The summed E-state index contributed by atoms with van der Waals surface area (Å²) in [7, 11) is 0. The van der Waals surface area contributed by atoms with E-state index in [1.54, 1.807) is 0 Å². The lowest BCUT2D eigenvalue weighted by atomic mass is 9.74. The number of ketones is 1. The summed E-state index contributed by atoms with van der Waals surface area (Å²) in [6.45, 7) is 13.7. The van der Waals surface area contributed by atoms with E-state index in [-0.39, 0.29) is 11.6 Å². The van der Waals surface area contributed by atoms with E-state index in [1.165, 1.54) is 19.8 Å². The highest BCUT2D eigenvalue weighted by molar-refractivity contribution is 5.79. The topological polar surface area (TPSA) is 43.4 Å². The zero-order valence-electron chi connectivity index (χ0n) is 15.0. The van der Waals surface area contributed by atoms with Crippen LogP contribution in [0.1, 0.15) is 80.6 Å². The maximum absolute atomic E-state index is 11.3. The standard InChI is InChI=1S/C12H22O.C6H12O2/c1-4-10-8-12(13)6-5-11(10)7-9(2)3;1-5(7)8-6(2,3)4/h9-11H,4-8H2,1-3H3;1-4H3. The molecular formula is C18H34O3. The summed E-state index contributed by atoms with van der Waals surface area (Å²) in [5.74, 6) is 2.56. The molecule has 1 saturated carbocycles. The van der Waals surface area contributed by atoms with Crippen molar-refractivity contribution in [1.29, 1.82) is 0 Å². The van der Waals surface area contributed by atoms with Crippen molar-refractivity contribution in [3.63, 3.8) is 0 Å². The zero-order valence-corrected chi connectivity index (χ0v) is 15.0. The largest absolute Gasteiger partial charge is 0.460 e. The molecule has 0 aromatic carbocycles.